The molecule has 94 valence electrons. The lowest BCUT2D eigenvalue weighted by Crippen LogP contribution is -2.16. The molecule has 17 heavy (non-hydrogen) atoms. The number of aliphatic hydroxyl groups is 1. The molecule has 0 aliphatic rings. The van der Waals surface area contributed by atoms with Crippen LogP contribution in [-0.4, -0.2) is 35.7 Å². The summed E-state index contributed by atoms with van der Waals surface area (Å²) >= 11 is 1.60. The van der Waals surface area contributed by atoms with E-state index >= 15 is 0 Å². The third-order valence-corrected chi connectivity index (χ3v) is 2.97. The highest BCUT2D eigenvalue weighted by molar-refractivity contribution is 7.98. The molecular formula is C12H16O4S. The average molecular weight is 256 g/mol. The van der Waals surface area contributed by atoms with Gasteiger partial charge in [0.05, 0.1) is 6.61 Å². The van der Waals surface area contributed by atoms with Crippen LogP contribution in [0.1, 0.15) is 18.1 Å². The molecule has 1 atom stereocenters. The molecule has 0 aliphatic heterocycles. The summed E-state index contributed by atoms with van der Waals surface area (Å²) in [6.07, 6.45) is 1.44. The van der Waals surface area contributed by atoms with E-state index in [1.54, 1.807) is 23.9 Å². The van der Waals surface area contributed by atoms with E-state index in [-0.39, 0.29) is 13.2 Å². The fraction of sp³-hybridized carbons (Fsp3) is 0.417. The molecule has 5 heteroatoms. The topological polar surface area (TPSA) is 66.8 Å². The summed E-state index contributed by atoms with van der Waals surface area (Å²) in [5, 5.41) is 17.7. The fourth-order valence-electron chi connectivity index (χ4n) is 1.35. The Labute approximate surface area is 105 Å². The summed E-state index contributed by atoms with van der Waals surface area (Å²) in [6, 6.07) is 7.24. The molecule has 0 spiro atoms. The van der Waals surface area contributed by atoms with Gasteiger partial charge in [0.2, 0.25) is 0 Å². The lowest BCUT2D eigenvalue weighted by Gasteiger charge is -2.13. The number of hydrogen-bond donors (Lipinski definition) is 2. The van der Waals surface area contributed by atoms with Crippen LogP contribution in [0.15, 0.2) is 29.2 Å². The van der Waals surface area contributed by atoms with Crippen molar-refractivity contribution in [2.24, 2.45) is 0 Å². The monoisotopic (exact) mass is 256 g/mol. The Bertz CT molecular complexity index is 350. The highest BCUT2D eigenvalue weighted by atomic mass is 32.2. The van der Waals surface area contributed by atoms with Crippen LogP contribution < -0.4 is 0 Å². The summed E-state index contributed by atoms with van der Waals surface area (Å²) in [5.74, 6) is -1.01. The van der Waals surface area contributed by atoms with Gasteiger partial charge in [-0.2, -0.15) is 0 Å². The zero-order valence-corrected chi connectivity index (χ0v) is 10.4. The second-order valence-corrected chi connectivity index (χ2v) is 4.32. The van der Waals surface area contributed by atoms with Crippen molar-refractivity contribution in [3.8, 4) is 0 Å². The van der Waals surface area contributed by atoms with Gasteiger partial charge in [0.1, 0.15) is 0 Å². The number of ether oxygens (including phenoxy) is 1. The van der Waals surface area contributed by atoms with Crippen LogP contribution >= 0.6 is 11.8 Å². The molecule has 0 radical (unpaired) electrons. The lowest BCUT2D eigenvalue weighted by molar-refractivity contribution is -0.151. The van der Waals surface area contributed by atoms with Crippen molar-refractivity contribution in [2.75, 3.05) is 19.5 Å². The Hall–Kier alpha value is -1.04. The van der Waals surface area contributed by atoms with E-state index in [0.717, 1.165) is 4.90 Å². The van der Waals surface area contributed by atoms with E-state index in [1.807, 2.05) is 18.4 Å². The second-order valence-electron chi connectivity index (χ2n) is 3.44. The van der Waals surface area contributed by atoms with Gasteiger partial charge in [-0.05, 0) is 30.4 Å². The Morgan fingerprint density at radius 3 is 2.53 bits per heavy atom. The zero-order valence-electron chi connectivity index (χ0n) is 9.63. The quantitative estimate of drug-likeness (QED) is 0.576. The van der Waals surface area contributed by atoms with Gasteiger partial charge in [-0.1, -0.05) is 12.1 Å². The number of carboxylic acid groups (broad SMARTS) is 1. The van der Waals surface area contributed by atoms with Gasteiger partial charge in [-0.25, -0.2) is 4.79 Å². The zero-order chi connectivity index (χ0) is 12.7. The van der Waals surface area contributed by atoms with E-state index in [9.17, 15) is 4.79 Å². The molecule has 1 rings (SSSR count). The van der Waals surface area contributed by atoms with Gasteiger partial charge in [-0.3, -0.25) is 0 Å². The summed E-state index contributed by atoms with van der Waals surface area (Å²) in [6.45, 7) is 0.232. The summed E-state index contributed by atoms with van der Waals surface area (Å²) < 4.78 is 5.24. The molecule has 0 heterocycles. The number of hydrogen-bond acceptors (Lipinski definition) is 4. The maximum Gasteiger partial charge on any atom is 0.337 e. The Morgan fingerprint density at radius 2 is 2.06 bits per heavy atom. The van der Waals surface area contributed by atoms with Crippen molar-refractivity contribution < 1.29 is 19.7 Å². The molecule has 4 nitrogen and oxygen atoms in total. The van der Waals surface area contributed by atoms with E-state index in [2.05, 4.69) is 0 Å². The van der Waals surface area contributed by atoms with Crippen molar-refractivity contribution in [2.45, 2.75) is 17.4 Å². The van der Waals surface area contributed by atoms with Gasteiger partial charge in [0.15, 0.2) is 6.10 Å². The molecule has 0 amide bonds. The molecule has 0 bridgehead atoms. The van der Waals surface area contributed by atoms with Crippen molar-refractivity contribution in [1.29, 1.82) is 0 Å². The summed E-state index contributed by atoms with van der Waals surface area (Å²) in [7, 11) is 0. The predicted molar refractivity (Wildman–Crippen MR) is 66.3 cm³/mol. The molecule has 1 aromatic rings. The molecule has 0 aliphatic carbocycles. The van der Waals surface area contributed by atoms with E-state index in [0.29, 0.717) is 12.0 Å². The molecule has 2 N–H and O–H groups in total. The van der Waals surface area contributed by atoms with Crippen LogP contribution in [0.2, 0.25) is 0 Å². The van der Waals surface area contributed by atoms with Crippen molar-refractivity contribution in [3.63, 3.8) is 0 Å². The number of benzene rings is 1. The number of aliphatic carboxylic acids is 1. The Kier molecular flexibility index (Phi) is 6.04. The van der Waals surface area contributed by atoms with Crippen LogP contribution in [-0.2, 0) is 9.53 Å². The Balaban J connectivity index is 2.71. The molecule has 0 aromatic heterocycles. The minimum Gasteiger partial charge on any atom is -0.479 e. The lowest BCUT2D eigenvalue weighted by atomic mass is 10.1. The highest BCUT2D eigenvalue weighted by Crippen LogP contribution is 2.22. The van der Waals surface area contributed by atoms with Gasteiger partial charge in [0, 0.05) is 11.5 Å². The summed E-state index contributed by atoms with van der Waals surface area (Å²) in [4.78, 5) is 12.1. The maximum atomic E-state index is 11.1. The molecular weight excluding hydrogens is 240 g/mol. The molecule has 0 saturated heterocycles. The third kappa shape index (κ3) is 4.38. The molecule has 1 aromatic carbocycles. The maximum absolute atomic E-state index is 11.1. The molecule has 0 saturated carbocycles. The van der Waals surface area contributed by atoms with Gasteiger partial charge in [0.25, 0.3) is 0 Å². The first kappa shape index (κ1) is 14.0. The number of rotatable bonds is 7. The van der Waals surface area contributed by atoms with Crippen molar-refractivity contribution >= 4 is 17.7 Å². The van der Waals surface area contributed by atoms with Crippen LogP contribution in [0.4, 0.5) is 0 Å². The second kappa shape index (κ2) is 7.32. The molecule has 1 unspecified atom stereocenters. The van der Waals surface area contributed by atoms with E-state index in [4.69, 9.17) is 14.9 Å². The SMILES string of the molecule is CSc1ccc(C(OCCCO)C(=O)O)cc1. The van der Waals surface area contributed by atoms with Crippen LogP contribution in [0, 0.1) is 0 Å². The van der Waals surface area contributed by atoms with Crippen LogP contribution in [0.3, 0.4) is 0 Å². The predicted octanol–water partition coefficient (Wildman–Crippen LogP) is 1.93. The summed E-state index contributed by atoms with van der Waals surface area (Å²) in [5.41, 5.74) is 0.619. The first-order valence-electron chi connectivity index (χ1n) is 5.28. The minimum atomic E-state index is -1.01. The average Bonchev–Trinajstić information content (AvgIpc) is 2.34. The molecule has 0 fully saturated rings. The third-order valence-electron chi connectivity index (χ3n) is 2.23. The highest BCUT2D eigenvalue weighted by Gasteiger charge is 2.19. The fourth-order valence-corrected chi connectivity index (χ4v) is 1.76. The van der Waals surface area contributed by atoms with Crippen LogP contribution in [0.25, 0.3) is 0 Å². The number of thioether (sulfide) groups is 1. The minimum absolute atomic E-state index is 0.00223. The van der Waals surface area contributed by atoms with Crippen molar-refractivity contribution in [3.05, 3.63) is 29.8 Å². The number of carboxylic acids is 1. The normalized spacial score (nSPS) is 12.4. The van der Waals surface area contributed by atoms with E-state index < -0.39 is 12.1 Å². The van der Waals surface area contributed by atoms with Crippen molar-refractivity contribution in [1.82, 2.24) is 0 Å². The first-order valence-corrected chi connectivity index (χ1v) is 6.50. The van der Waals surface area contributed by atoms with E-state index in [1.165, 1.54) is 0 Å². The standard InChI is InChI=1S/C12H16O4S/c1-17-10-5-3-9(4-6-10)11(12(14)15)16-8-2-7-13/h3-6,11,13H,2,7-8H2,1H3,(H,14,15). The largest absolute Gasteiger partial charge is 0.479 e. The first-order chi connectivity index (χ1) is 8.19. The Morgan fingerprint density at radius 1 is 1.41 bits per heavy atom. The van der Waals surface area contributed by atoms with Gasteiger partial charge < -0.3 is 14.9 Å². The number of carbonyl (C=O) groups is 1. The van der Waals surface area contributed by atoms with Crippen LogP contribution in [0.5, 0.6) is 0 Å². The van der Waals surface area contributed by atoms with Gasteiger partial charge >= 0.3 is 5.97 Å². The number of aliphatic hydroxyl groups excluding tert-OH is 1. The van der Waals surface area contributed by atoms with Gasteiger partial charge in [-0.15, -0.1) is 11.8 Å². The smallest absolute Gasteiger partial charge is 0.337 e.